The van der Waals surface area contributed by atoms with E-state index in [9.17, 15) is 9.59 Å². The van der Waals surface area contributed by atoms with Gasteiger partial charge in [-0.05, 0) is 12.8 Å². The predicted octanol–water partition coefficient (Wildman–Crippen LogP) is 0.662. The number of carbonyl (C=O) groups is 2. The average Bonchev–Trinajstić information content (AvgIpc) is 3.09. The number of nitrogens with zero attached hydrogens (tertiary/aromatic N) is 3. The largest absolute Gasteiger partial charge is 0.343 e. The summed E-state index contributed by atoms with van der Waals surface area (Å²) >= 11 is 0. The summed E-state index contributed by atoms with van der Waals surface area (Å²) in [5, 5.41) is 6.85. The van der Waals surface area contributed by atoms with E-state index in [1.54, 1.807) is 0 Å². The predicted molar refractivity (Wildman–Crippen MR) is 73.1 cm³/mol. The summed E-state index contributed by atoms with van der Waals surface area (Å²) in [5.74, 6) is 0.493. The zero-order valence-electron chi connectivity index (χ0n) is 12.0. The highest BCUT2D eigenvalue weighted by molar-refractivity contribution is 6.05. The van der Waals surface area contributed by atoms with E-state index in [0.717, 1.165) is 25.7 Å². The second-order valence-electron chi connectivity index (χ2n) is 5.70. The van der Waals surface area contributed by atoms with E-state index < -0.39 is 6.04 Å². The van der Waals surface area contributed by atoms with Crippen LogP contribution in [0.2, 0.25) is 0 Å². The lowest BCUT2D eigenvalue weighted by molar-refractivity contribution is -0.142. The number of nitrogens with one attached hydrogen (secondary N) is 1. The van der Waals surface area contributed by atoms with Crippen LogP contribution in [0, 0.1) is 0 Å². The Morgan fingerprint density at radius 2 is 2.10 bits per heavy atom. The molecule has 1 aromatic rings. The highest BCUT2D eigenvalue weighted by Crippen LogP contribution is 2.27. The molecule has 1 aliphatic carbocycles. The molecular formula is C14H20N4O3. The summed E-state index contributed by atoms with van der Waals surface area (Å²) in [6.07, 6.45) is 7.46. The standard InChI is InChI=1S/C14H20N4O3/c19-13-8-11(15-7-6-12-16-9-21-17-12)14(20)18(13)10-4-2-1-3-5-10/h9-11,15H,1-8H2. The monoisotopic (exact) mass is 292 g/mol. The lowest BCUT2D eigenvalue weighted by Crippen LogP contribution is -2.45. The minimum absolute atomic E-state index is 0.0380. The Labute approximate surface area is 123 Å². The Morgan fingerprint density at radius 3 is 2.81 bits per heavy atom. The third-order valence-corrected chi connectivity index (χ3v) is 4.27. The number of aromatic nitrogens is 2. The third kappa shape index (κ3) is 3.12. The average molecular weight is 292 g/mol. The molecule has 1 saturated carbocycles. The SMILES string of the molecule is O=C1CC(NCCc2ncon2)C(=O)N1C1CCCCC1. The highest BCUT2D eigenvalue weighted by Gasteiger charge is 2.42. The Balaban J connectivity index is 1.53. The van der Waals surface area contributed by atoms with E-state index in [-0.39, 0.29) is 24.3 Å². The summed E-state index contributed by atoms with van der Waals surface area (Å²) in [5.41, 5.74) is 0. The van der Waals surface area contributed by atoms with Crippen molar-refractivity contribution in [2.45, 2.75) is 57.0 Å². The Bertz CT molecular complexity index is 496. The van der Waals surface area contributed by atoms with Crippen molar-refractivity contribution in [3.8, 4) is 0 Å². The van der Waals surface area contributed by atoms with Crippen LogP contribution < -0.4 is 5.32 Å². The second kappa shape index (κ2) is 6.34. The van der Waals surface area contributed by atoms with Gasteiger partial charge in [-0.2, -0.15) is 4.98 Å². The van der Waals surface area contributed by atoms with E-state index in [2.05, 4.69) is 20.0 Å². The van der Waals surface area contributed by atoms with Crippen molar-refractivity contribution in [1.29, 1.82) is 0 Å². The second-order valence-corrected chi connectivity index (χ2v) is 5.70. The number of likely N-dealkylation sites (tertiary alicyclic amines) is 1. The molecule has 0 bridgehead atoms. The molecule has 1 unspecified atom stereocenters. The molecule has 7 nitrogen and oxygen atoms in total. The van der Waals surface area contributed by atoms with Crippen LogP contribution >= 0.6 is 0 Å². The Kier molecular flexibility index (Phi) is 4.28. The molecule has 0 aromatic carbocycles. The van der Waals surface area contributed by atoms with Gasteiger partial charge >= 0.3 is 0 Å². The molecule has 3 rings (SSSR count). The molecule has 0 radical (unpaired) electrons. The van der Waals surface area contributed by atoms with E-state index in [4.69, 9.17) is 0 Å². The number of imide groups is 1. The number of amides is 2. The number of hydrogen-bond donors (Lipinski definition) is 1. The molecule has 1 N–H and O–H groups in total. The molecule has 0 spiro atoms. The van der Waals surface area contributed by atoms with Crippen molar-refractivity contribution in [3.05, 3.63) is 12.2 Å². The van der Waals surface area contributed by atoms with Crippen LogP contribution in [0.25, 0.3) is 0 Å². The topological polar surface area (TPSA) is 88.3 Å². The van der Waals surface area contributed by atoms with Crippen LogP contribution in [-0.4, -0.2) is 45.5 Å². The lowest BCUT2D eigenvalue weighted by atomic mass is 9.94. The third-order valence-electron chi connectivity index (χ3n) is 4.27. The summed E-state index contributed by atoms with van der Waals surface area (Å²) in [7, 11) is 0. The van der Waals surface area contributed by atoms with Gasteiger partial charge < -0.3 is 9.84 Å². The van der Waals surface area contributed by atoms with Gasteiger partial charge in [0.05, 0.1) is 12.5 Å². The van der Waals surface area contributed by atoms with E-state index >= 15 is 0 Å². The molecule has 1 atom stereocenters. The minimum atomic E-state index is -0.397. The molecule has 114 valence electrons. The first-order chi connectivity index (χ1) is 10.3. The van der Waals surface area contributed by atoms with Gasteiger partial charge in [0.25, 0.3) is 0 Å². The van der Waals surface area contributed by atoms with Gasteiger partial charge in [0.1, 0.15) is 0 Å². The smallest absolute Gasteiger partial charge is 0.247 e. The quantitative estimate of drug-likeness (QED) is 0.802. The van der Waals surface area contributed by atoms with Crippen LogP contribution in [0.1, 0.15) is 44.3 Å². The van der Waals surface area contributed by atoms with E-state index in [0.29, 0.717) is 18.8 Å². The summed E-state index contributed by atoms with van der Waals surface area (Å²) < 4.78 is 4.65. The van der Waals surface area contributed by atoms with Gasteiger partial charge in [0, 0.05) is 19.0 Å². The number of hydrogen-bond acceptors (Lipinski definition) is 6. The van der Waals surface area contributed by atoms with Gasteiger partial charge in [-0.1, -0.05) is 24.4 Å². The molecule has 2 aliphatic rings. The van der Waals surface area contributed by atoms with Gasteiger partial charge in [0.2, 0.25) is 18.2 Å². The van der Waals surface area contributed by atoms with E-state index in [1.807, 2.05) is 0 Å². The zero-order chi connectivity index (χ0) is 14.7. The first kappa shape index (κ1) is 14.2. The van der Waals surface area contributed by atoms with Crippen molar-refractivity contribution in [1.82, 2.24) is 20.4 Å². The maximum absolute atomic E-state index is 12.4. The van der Waals surface area contributed by atoms with E-state index in [1.165, 1.54) is 17.7 Å². The highest BCUT2D eigenvalue weighted by atomic mass is 16.5. The fourth-order valence-electron chi connectivity index (χ4n) is 3.19. The number of carbonyl (C=O) groups excluding carboxylic acids is 2. The normalized spacial score (nSPS) is 24.0. The lowest BCUT2D eigenvalue weighted by Gasteiger charge is -2.29. The molecule has 2 heterocycles. The van der Waals surface area contributed by atoms with Crippen molar-refractivity contribution >= 4 is 11.8 Å². The van der Waals surface area contributed by atoms with Crippen LogP contribution in [-0.2, 0) is 16.0 Å². The zero-order valence-corrected chi connectivity index (χ0v) is 12.0. The summed E-state index contributed by atoms with van der Waals surface area (Å²) in [6, 6.07) is -0.283. The summed E-state index contributed by atoms with van der Waals surface area (Å²) in [4.78, 5) is 29.9. The van der Waals surface area contributed by atoms with Crippen LogP contribution in [0.4, 0.5) is 0 Å². The molecule has 1 saturated heterocycles. The molecule has 7 heteroatoms. The Morgan fingerprint density at radius 1 is 1.29 bits per heavy atom. The van der Waals surface area contributed by atoms with Crippen molar-refractivity contribution in [2.75, 3.05) is 6.54 Å². The van der Waals surface area contributed by atoms with Gasteiger partial charge in [0.15, 0.2) is 5.82 Å². The first-order valence-electron chi connectivity index (χ1n) is 7.60. The minimum Gasteiger partial charge on any atom is -0.343 e. The molecule has 2 amide bonds. The molecule has 1 aliphatic heterocycles. The van der Waals surface area contributed by atoms with Gasteiger partial charge in [-0.15, -0.1) is 0 Å². The van der Waals surface area contributed by atoms with Gasteiger partial charge in [-0.3, -0.25) is 14.5 Å². The molecule has 2 fully saturated rings. The first-order valence-corrected chi connectivity index (χ1v) is 7.60. The summed E-state index contributed by atoms with van der Waals surface area (Å²) in [6.45, 7) is 0.557. The Hall–Kier alpha value is -1.76. The molecule has 21 heavy (non-hydrogen) atoms. The van der Waals surface area contributed by atoms with Crippen molar-refractivity contribution in [3.63, 3.8) is 0 Å². The maximum Gasteiger partial charge on any atom is 0.247 e. The molecule has 1 aromatic heterocycles. The van der Waals surface area contributed by atoms with Gasteiger partial charge in [-0.25, -0.2) is 0 Å². The van der Waals surface area contributed by atoms with Crippen LogP contribution in [0.5, 0.6) is 0 Å². The van der Waals surface area contributed by atoms with Crippen LogP contribution in [0.3, 0.4) is 0 Å². The van der Waals surface area contributed by atoms with Crippen molar-refractivity contribution < 1.29 is 14.1 Å². The van der Waals surface area contributed by atoms with Crippen LogP contribution in [0.15, 0.2) is 10.9 Å². The fraction of sp³-hybridized carbons (Fsp3) is 0.714. The van der Waals surface area contributed by atoms with Crippen molar-refractivity contribution in [2.24, 2.45) is 0 Å². The maximum atomic E-state index is 12.4. The fourth-order valence-corrected chi connectivity index (χ4v) is 3.19. The number of rotatable bonds is 5. The molecular weight excluding hydrogens is 272 g/mol.